The van der Waals surface area contributed by atoms with Crippen molar-refractivity contribution in [2.75, 3.05) is 11.1 Å². The number of ketones is 1. The fraction of sp³-hybridized carbons (Fsp3) is 0.231. The minimum absolute atomic E-state index is 0.169. The number of nitrogens with one attached hydrogen (secondary N) is 1. The lowest BCUT2D eigenvalue weighted by atomic mass is 10.1. The molecule has 0 spiro atoms. The third kappa shape index (κ3) is 3.08. The molecule has 19 heavy (non-hydrogen) atoms. The monoisotopic (exact) mass is 279 g/mol. The third-order valence-electron chi connectivity index (χ3n) is 2.36. The second-order valence-electron chi connectivity index (χ2n) is 4.37. The Kier molecular flexibility index (Phi) is 3.80. The van der Waals surface area contributed by atoms with E-state index in [0.717, 1.165) is 0 Å². The first-order valence-corrected chi connectivity index (χ1v) is 6.62. The second kappa shape index (κ2) is 5.36. The smallest absolute Gasteiger partial charge is 0.206 e. The van der Waals surface area contributed by atoms with Crippen LogP contribution in [0.5, 0.6) is 0 Å². The molecule has 0 unspecified atom stereocenters. The zero-order valence-electron chi connectivity index (χ0n) is 10.6. The van der Waals surface area contributed by atoms with Crippen LogP contribution in [0.1, 0.15) is 29.1 Å². The predicted molar refractivity (Wildman–Crippen MR) is 75.1 cm³/mol. The summed E-state index contributed by atoms with van der Waals surface area (Å²) in [6.45, 7) is 3.93. The van der Waals surface area contributed by atoms with Crippen molar-refractivity contribution in [1.29, 1.82) is 0 Å². The number of nitrogens with zero attached hydrogens (tertiary/aromatic N) is 1. The first kappa shape index (κ1) is 13.5. The highest BCUT2D eigenvalue weighted by molar-refractivity contribution is 7.18. The van der Waals surface area contributed by atoms with Gasteiger partial charge in [-0.1, -0.05) is 23.5 Å². The van der Waals surface area contributed by atoms with Crippen LogP contribution < -0.4 is 11.1 Å². The molecular formula is C13H14FN3OS. The van der Waals surface area contributed by atoms with Gasteiger partial charge in [0.25, 0.3) is 0 Å². The molecule has 0 radical (unpaired) electrons. The van der Waals surface area contributed by atoms with Gasteiger partial charge in [-0.05, 0) is 26.0 Å². The van der Waals surface area contributed by atoms with Crippen molar-refractivity contribution in [3.05, 3.63) is 40.5 Å². The highest BCUT2D eigenvalue weighted by Crippen LogP contribution is 2.28. The molecule has 0 aliphatic heterocycles. The number of aromatic nitrogens is 1. The van der Waals surface area contributed by atoms with E-state index >= 15 is 0 Å². The van der Waals surface area contributed by atoms with E-state index in [9.17, 15) is 9.18 Å². The van der Waals surface area contributed by atoms with Crippen LogP contribution in [0.4, 0.5) is 15.3 Å². The van der Waals surface area contributed by atoms with Gasteiger partial charge in [-0.2, -0.15) is 0 Å². The van der Waals surface area contributed by atoms with Crippen molar-refractivity contribution in [3.63, 3.8) is 0 Å². The molecule has 0 bridgehead atoms. The van der Waals surface area contributed by atoms with Crippen LogP contribution in [-0.4, -0.2) is 16.8 Å². The highest BCUT2D eigenvalue weighted by Gasteiger charge is 2.18. The summed E-state index contributed by atoms with van der Waals surface area (Å²) in [5.41, 5.74) is 6.01. The minimum atomic E-state index is -0.450. The predicted octanol–water partition coefficient (Wildman–Crippen LogP) is 2.92. The van der Waals surface area contributed by atoms with Gasteiger partial charge in [-0.15, -0.1) is 0 Å². The number of rotatable bonds is 4. The van der Waals surface area contributed by atoms with E-state index in [0.29, 0.717) is 10.0 Å². The largest absolute Gasteiger partial charge is 0.382 e. The van der Waals surface area contributed by atoms with Gasteiger partial charge in [0.1, 0.15) is 16.5 Å². The normalized spacial score (nSPS) is 10.7. The van der Waals surface area contributed by atoms with Gasteiger partial charge in [0.2, 0.25) is 5.78 Å². The number of halogens is 1. The van der Waals surface area contributed by atoms with E-state index in [1.54, 1.807) is 6.07 Å². The lowest BCUT2D eigenvalue weighted by Crippen LogP contribution is -2.09. The van der Waals surface area contributed by atoms with Crippen LogP contribution in [0, 0.1) is 5.82 Å². The third-order valence-corrected chi connectivity index (χ3v) is 3.36. The van der Waals surface area contributed by atoms with Gasteiger partial charge in [-0.3, -0.25) is 4.79 Å². The van der Waals surface area contributed by atoms with Crippen LogP contribution in [0.15, 0.2) is 24.3 Å². The zero-order valence-corrected chi connectivity index (χ0v) is 11.4. The summed E-state index contributed by atoms with van der Waals surface area (Å²) < 4.78 is 13.1. The quantitative estimate of drug-likeness (QED) is 0.844. The summed E-state index contributed by atoms with van der Waals surface area (Å²) in [5.74, 6) is -0.594. The second-order valence-corrected chi connectivity index (χ2v) is 5.37. The van der Waals surface area contributed by atoms with Crippen LogP contribution in [0.3, 0.4) is 0 Å². The number of carbonyl (C=O) groups is 1. The molecule has 6 heteroatoms. The molecule has 0 amide bonds. The van der Waals surface area contributed by atoms with Crippen LogP contribution in [-0.2, 0) is 0 Å². The Bertz CT molecular complexity index is 610. The van der Waals surface area contributed by atoms with Crippen molar-refractivity contribution >= 4 is 28.1 Å². The first-order chi connectivity index (χ1) is 8.97. The highest BCUT2D eigenvalue weighted by atomic mass is 32.1. The van der Waals surface area contributed by atoms with Crippen LogP contribution in [0.25, 0.3) is 0 Å². The summed E-state index contributed by atoms with van der Waals surface area (Å²) in [7, 11) is 0. The van der Waals surface area contributed by atoms with Crippen LogP contribution in [0.2, 0.25) is 0 Å². The maximum absolute atomic E-state index is 13.1. The van der Waals surface area contributed by atoms with Gasteiger partial charge >= 0.3 is 0 Å². The Morgan fingerprint density at radius 2 is 2.21 bits per heavy atom. The van der Waals surface area contributed by atoms with Gasteiger partial charge in [0.15, 0.2) is 5.13 Å². The molecule has 0 aliphatic rings. The lowest BCUT2D eigenvalue weighted by Gasteiger charge is -2.03. The van der Waals surface area contributed by atoms with Gasteiger partial charge in [0.05, 0.1) is 0 Å². The molecule has 1 heterocycles. The minimum Gasteiger partial charge on any atom is -0.382 e. The molecule has 2 rings (SSSR count). The fourth-order valence-electron chi connectivity index (χ4n) is 1.56. The zero-order chi connectivity index (χ0) is 14.0. The number of hydrogen-bond donors (Lipinski definition) is 2. The molecule has 0 atom stereocenters. The maximum atomic E-state index is 13.1. The Morgan fingerprint density at radius 1 is 1.47 bits per heavy atom. The van der Waals surface area contributed by atoms with E-state index in [2.05, 4.69) is 10.3 Å². The SMILES string of the molecule is CC(C)Nc1nc(N)c(C(=O)c2cccc(F)c2)s1. The molecule has 4 nitrogen and oxygen atoms in total. The molecule has 1 aromatic heterocycles. The molecule has 0 saturated heterocycles. The van der Waals surface area contributed by atoms with Crippen molar-refractivity contribution in [2.45, 2.75) is 19.9 Å². The summed E-state index contributed by atoms with van der Waals surface area (Å²) >= 11 is 1.18. The molecule has 1 aromatic carbocycles. The number of nitrogen functional groups attached to an aromatic ring is 1. The summed E-state index contributed by atoms with van der Waals surface area (Å²) in [6.07, 6.45) is 0. The number of hydrogen-bond acceptors (Lipinski definition) is 5. The number of carbonyl (C=O) groups excluding carboxylic acids is 1. The van der Waals surface area contributed by atoms with Crippen molar-refractivity contribution < 1.29 is 9.18 Å². The summed E-state index contributed by atoms with van der Waals surface area (Å²) in [6, 6.07) is 5.73. The maximum Gasteiger partial charge on any atom is 0.206 e. The molecule has 2 aromatic rings. The number of nitrogens with two attached hydrogens (primary N) is 1. The van der Waals surface area contributed by atoms with Gasteiger partial charge in [0, 0.05) is 11.6 Å². The Labute approximate surface area is 114 Å². The molecule has 100 valence electrons. The molecule has 0 fully saturated rings. The van der Waals surface area contributed by atoms with E-state index < -0.39 is 5.82 Å². The fourth-order valence-corrected chi connectivity index (χ4v) is 2.56. The Balaban J connectivity index is 2.31. The number of benzene rings is 1. The average Bonchev–Trinajstić information content (AvgIpc) is 2.68. The first-order valence-electron chi connectivity index (χ1n) is 5.80. The van der Waals surface area contributed by atoms with Crippen molar-refractivity contribution in [1.82, 2.24) is 4.98 Å². The molecule has 0 saturated carbocycles. The Morgan fingerprint density at radius 3 is 2.84 bits per heavy atom. The lowest BCUT2D eigenvalue weighted by molar-refractivity contribution is 0.104. The van der Waals surface area contributed by atoms with Crippen LogP contribution >= 0.6 is 11.3 Å². The van der Waals surface area contributed by atoms with Crippen molar-refractivity contribution in [3.8, 4) is 0 Å². The standard InChI is InChI=1S/C13H14FN3OS/c1-7(2)16-13-17-12(15)11(19-13)10(18)8-4-3-5-9(14)6-8/h3-7H,15H2,1-2H3,(H,16,17). The summed E-state index contributed by atoms with van der Waals surface area (Å²) in [4.78, 5) is 16.6. The van der Waals surface area contributed by atoms with Gasteiger partial charge < -0.3 is 11.1 Å². The summed E-state index contributed by atoms with van der Waals surface area (Å²) in [5, 5.41) is 3.67. The topological polar surface area (TPSA) is 68.0 Å². The van der Waals surface area contributed by atoms with Gasteiger partial charge in [-0.25, -0.2) is 9.37 Å². The average molecular weight is 279 g/mol. The van der Waals surface area contributed by atoms with E-state index in [1.807, 2.05) is 13.8 Å². The molecule has 3 N–H and O–H groups in total. The Hall–Kier alpha value is -1.95. The number of thiazole rings is 1. The van der Waals surface area contributed by atoms with E-state index in [4.69, 9.17) is 5.73 Å². The van der Waals surface area contributed by atoms with Crippen molar-refractivity contribution in [2.24, 2.45) is 0 Å². The molecular weight excluding hydrogens is 265 g/mol. The number of anilines is 2. The molecule has 0 aliphatic carbocycles. The van der Waals surface area contributed by atoms with E-state index in [1.165, 1.54) is 29.5 Å². The van der Waals surface area contributed by atoms with E-state index in [-0.39, 0.29) is 23.2 Å².